The second-order valence-electron chi connectivity index (χ2n) is 6.61. The van der Waals surface area contributed by atoms with Crippen molar-refractivity contribution in [1.29, 1.82) is 0 Å². The zero-order valence-corrected chi connectivity index (χ0v) is 18.7. The predicted octanol–water partition coefficient (Wildman–Crippen LogP) is 3.87. The number of nitrogens with zero attached hydrogens (tertiary/aromatic N) is 3. The summed E-state index contributed by atoms with van der Waals surface area (Å²) in [6.07, 6.45) is 2.01. The van der Waals surface area contributed by atoms with Gasteiger partial charge in [0.2, 0.25) is 16.0 Å². The van der Waals surface area contributed by atoms with Crippen LogP contribution in [0.25, 0.3) is 5.70 Å². The van der Waals surface area contributed by atoms with Gasteiger partial charge in [0.25, 0.3) is 5.95 Å². The maximum Gasteiger partial charge on any atom is 0.257 e. The van der Waals surface area contributed by atoms with Gasteiger partial charge in [0.05, 0.1) is 12.9 Å². The third-order valence-corrected chi connectivity index (χ3v) is 6.49. The molecular weight excluding hydrogens is 470 g/mol. The molecule has 0 spiro atoms. The Morgan fingerprint density at radius 3 is 2.63 bits per heavy atom. The first-order valence-electron chi connectivity index (χ1n) is 9.25. The Morgan fingerprint density at radius 2 is 1.93 bits per heavy atom. The molecule has 2 N–H and O–H groups in total. The van der Waals surface area contributed by atoms with E-state index in [0.29, 0.717) is 11.7 Å². The molecule has 0 aliphatic carbocycles. The summed E-state index contributed by atoms with van der Waals surface area (Å²) in [6, 6.07) is 15.2. The molecule has 156 valence electrons. The van der Waals surface area contributed by atoms with E-state index in [1.807, 2.05) is 54.6 Å². The van der Waals surface area contributed by atoms with Crippen molar-refractivity contribution in [3.05, 3.63) is 70.2 Å². The van der Waals surface area contributed by atoms with Crippen LogP contribution >= 0.6 is 15.9 Å². The third kappa shape index (κ3) is 4.05. The summed E-state index contributed by atoms with van der Waals surface area (Å²) in [6.45, 7) is 1.56. The zero-order valence-electron chi connectivity index (χ0n) is 16.3. The third-order valence-electron chi connectivity index (χ3n) is 4.71. The van der Waals surface area contributed by atoms with Gasteiger partial charge in [0.1, 0.15) is 11.8 Å². The van der Waals surface area contributed by atoms with Gasteiger partial charge in [-0.25, -0.2) is 17.8 Å². The highest BCUT2D eigenvalue weighted by Gasteiger charge is 2.28. The van der Waals surface area contributed by atoms with Crippen molar-refractivity contribution in [3.63, 3.8) is 0 Å². The van der Waals surface area contributed by atoms with Gasteiger partial charge < -0.3 is 10.1 Å². The molecule has 10 heteroatoms. The molecule has 4 rings (SSSR count). The number of anilines is 2. The molecular formula is C20H20BrN5O3S. The Kier molecular flexibility index (Phi) is 5.52. The van der Waals surface area contributed by atoms with Crippen LogP contribution in [0, 0.1) is 0 Å². The fourth-order valence-electron chi connectivity index (χ4n) is 3.18. The number of fused-ring (bicyclic) bond motifs is 1. The van der Waals surface area contributed by atoms with Crippen molar-refractivity contribution in [2.24, 2.45) is 0 Å². The number of hydrogen-bond donors (Lipinski definition) is 2. The normalized spacial score (nSPS) is 15.7. The van der Waals surface area contributed by atoms with E-state index in [9.17, 15) is 8.42 Å². The number of rotatable bonds is 6. The maximum absolute atomic E-state index is 12.0. The minimum atomic E-state index is -3.50. The van der Waals surface area contributed by atoms with Crippen molar-refractivity contribution in [2.45, 2.75) is 13.0 Å². The van der Waals surface area contributed by atoms with Crippen LogP contribution in [-0.4, -0.2) is 36.0 Å². The average molecular weight is 490 g/mol. The van der Waals surface area contributed by atoms with Crippen molar-refractivity contribution < 1.29 is 13.2 Å². The molecule has 0 radical (unpaired) electrons. The molecule has 1 aromatic heterocycles. The van der Waals surface area contributed by atoms with Crippen molar-refractivity contribution in [2.75, 3.05) is 22.9 Å². The minimum Gasteiger partial charge on any atom is -0.496 e. The molecule has 1 aliphatic rings. The highest BCUT2D eigenvalue weighted by Crippen LogP contribution is 2.37. The highest BCUT2D eigenvalue weighted by molar-refractivity contribution is 9.10. The number of nitrogens with one attached hydrogen (secondary N) is 2. The van der Waals surface area contributed by atoms with E-state index in [4.69, 9.17) is 4.74 Å². The van der Waals surface area contributed by atoms with Gasteiger partial charge in [0.15, 0.2) is 0 Å². The van der Waals surface area contributed by atoms with Crippen LogP contribution in [0.15, 0.2) is 59.1 Å². The number of sulfonamides is 1. The molecule has 0 bridgehead atoms. The summed E-state index contributed by atoms with van der Waals surface area (Å²) in [5.41, 5.74) is 2.68. The van der Waals surface area contributed by atoms with E-state index < -0.39 is 10.0 Å². The van der Waals surface area contributed by atoms with Crippen LogP contribution in [-0.2, 0) is 10.0 Å². The topological polar surface area (TPSA) is 98.1 Å². The van der Waals surface area contributed by atoms with E-state index in [1.54, 1.807) is 18.7 Å². The van der Waals surface area contributed by atoms with Crippen molar-refractivity contribution >= 4 is 43.5 Å². The molecule has 0 saturated carbocycles. The maximum atomic E-state index is 12.0. The number of halogens is 1. The molecule has 0 fully saturated rings. The van der Waals surface area contributed by atoms with Crippen molar-refractivity contribution in [1.82, 2.24) is 14.8 Å². The molecule has 1 atom stereocenters. The lowest BCUT2D eigenvalue weighted by Gasteiger charge is -2.25. The molecule has 8 nitrogen and oxygen atoms in total. The van der Waals surface area contributed by atoms with Gasteiger partial charge in [-0.15, -0.1) is 5.10 Å². The van der Waals surface area contributed by atoms with E-state index in [1.165, 1.54) is 0 Å². The average Bonchev–Trinajstić information content (AvgIpc) is 3.15. The molecule has 2 aromatic carbocycles. The standard InChI is InChI=1S/C20H20BrN5O3S/c1-3-30(27,28)25-19-23-20-22-16(13-8-10-14(21)11-9-13)12-17(26(20)24-19)15-6-4-5-7-18(15)29-2/h4-12,17H,3H2,1-2H3,(H2,22,23,24,25)/t17-/m0/s1. The van der Waals surface area contributed by atoms with Gasteiger partial charge in [-0.05, 0) is 36.8 Å². The van der Waals surface area contributed by atoms with E-state index in [2.05, 4.69) is 36.1 Å². The first kappa shape index (κ1) is 20.4. The fraction of sp³-hybridized carbons (Fsp3) is 0.200. The smallest absolute Gasteiger partial charge is 0.257 e. The number of methoxy groups -OCH3 is 1. The summed E-state index contributed by atoms with van der Waals surface area (Å²) in [7, 11) is -1.89. The van der Waals surface area contributed by atoms with Crippen LogP contribution in [0.3, 0.4) is 0 Å². The lowest BCUT2D eigenvalue weighted by atomic mass is 10.0. The van der Waals surface area contributed by atoms with Crippen LogP contribution in [0.5, 0.6) is 5.75 Å². The Balaban J connectivity index is 1.82. The fourth-order valence-corrected chi connectivity index (χ4v) is 3.95. The number of hydrogen-bond acceptors (Lipinski definition) is 6. The molecule has 3 aromatic rings. The number of ether oxygens (including phenoxy) is 1. The molecule has 0 unspecified atom stereocenters. The lowest BCUT2D eigenvalue weighted by molar-refractivity contribution is 0.404. The largest absolute Gasteiger partial charge is 0.496 e. The Morgan fingerprint density at radius 1 is 1.20 bits per heavy atom. The molecule has 0 saturated heterocycles. The zero-order chi connectivity index (χ0) is 21.3. The van der Waals surface area contributed by atoms with Gasteiger partial charge >= 0.3 is 0 Å². The van der Waals surface area contributed by atoms with Crippen LogP contribution < -0.4 is 14.8 Å². The van der Waals surface area contributed by atoms with Crippen LogP contribution in [0.4, 0.5) is 11.9 Å². The summed E-state index contributed by atoms with van der Waals surface area (Å²) < 4.78 is 34.6. The van der Waals surface area contributed by atoms with Gasteiger partial charge in [-0.1, -0.05) is 46.3 Å². The minimum absolute atomic E-state index is 0.0182. The first-order chi connectivity index (χ1) is 14.4. The predicted molar refractivity (Wildman–Crippen MR) is 120 cm³/mol. The SMILES string of the molecule is CCS(=O)(=O)Nc1nc2n(n1)[C@H](c1ccccc1OC)C=C(c1ccc(Br)cc1)N2. The van der Waals surface area contributed by atoms with E-state index in [-0.39, 0.29) is 17.7 Å². The number of aromatic nitrogens is 3. The van der Waals surface area contributed by atoms with Gasteiger partial charge in [-0.2, -0.15) is 4.98 Å². The molecule has 30 heavy (non-hydrogen) atoms. The summed E-state index contributed by atoms with van der Waals surface area (Å²) in [4.78, 5) is 4.37. The van der Waals surface area contributed by atoms with Gasteiger partial charge in [-0.3, -0.25) is 0 Å². The number of para-hydroxylation sites is 1. The first-order valence-corrected chi connectivity index (χ1v) is 11.7. The van der Waals surface area contributed by atoms with E-state index >= 15 is 0 Å². The quantitative estimate of drug-likeness (QED) is 0.545. The number of allylic oxidation sites excluding steroid dienone is 1. The molecule has 0 amide bonds. The van der Waals surface area contributed by atoms with Crippen LogP contribution in [0.1, 0.15) is 24.1 Å². The summed E-state index contributed by atoms with van der Waals surface area (Å²) in [5.74, 6) is 1.08. The highest BCUT2D eigenvalue weighted by atomic mass is 79.9. The van der Waals surface area contributed by atoms with Crippen LogP contribution in [0.2, 0.25) is 0 Å². The van der Waals surface area contributed by atoms with Crippen molar-refractivity contribution in [3.8, 4) is 5.75 Å². The monoisotopic (exact) mass is 489 g/mol. The summed E-state index contributed by atoms with van der Waals surface area (Å²) >= 11 is 3.45. The second kappa shape index (κ2) is 8.11. The Bertz CT molecular complexity index is 1210. The molecule has 2 heterocycles. The molecule has 1 aliphatic heterocycles. The van der Waals surface area contributed by atoms with Gasteiger partial charge in [0, 0.05) is 15.7 Å². The summed E-state index contributed by atoms with van der Waals surface area (Å²) in [5, 5.41) is 7.66. The number of benzene rings is 2. The second-order valence-corrected chi connectivity index (χ2v) is 9.53. The Hall–Kier alpha value is -2.85. The Labute approximate surface area is 183 Å². The lowest BCUT2D eigenvalue weighted by Crippen LogP contribution is -2.21. The van der Waals surface area contributed by atoms with E-state index in [0.717, 1.165) is 21.3 Å².